The zero-order chi connectivity index (χ0) is 23.6. The Morgan fingerprint density at radius 1 is 1.30 bits per heavy atom. The molecule has 0 spiro atoms. The topological polar surface area (TPSA) is 166 Å². The van der Waals surface area contributed by atoms with Crippen LogP contribution in [0.1, 0.15) is 36.2 Å². The minimum atomic E-state index is -1.34. The van der Waals surface area contributed by atoms with Crippen LogP contribution >= 0.6 is 0 Å². The number of nitrogen functional groups attached to an aromatic ring is 1. The lowest BCUT2D eigenvalue weighted by Gasteiger charge is -2.34. The minimum Gasteiger partial charge on any atom is -0.494 e. The van der Waals surface area contributed by atoms with Crippen LogP contribution in [0, 0.1) is 0 Å². The monoisotopic (exact) mass is 455 g/mol. The molecule has 0 aliphatic carbocycles. The summed E-state index contributed by atoms with van der Waals surface area (Å²) in [5, 5.41) is 21.9. The maximum atomic E-state index is 13.4. The van der Waals surface area contributed by atoms with Gasteiger partial charge in [0.15, 0.2) is 11.5 Å². The van der Waals surface area contributed by atoms with Gasteiger partial charge in [-0.25, -0.2) is 15.0 Å². The highest BCUT2D eigenvalue weighted by atomic mass is 16.5. The Kier molecular flexibility index (Phi) is 6.45. The molecule has 11 heteroatoms. The van der Waals surface area contributed by atoms with E-state index in [1.807, 2.05) is 0 Å². The molecule has 6 N–H and O–H groups in total. The molecule has 1 amide bonds. The third kappa shape index (κ3) is 4.75. The smallest absolute Gasteiger partial charge is 0.254 e. The predicted molar refractivity (Wildman–Crippen MR) is 122 cm³/mol. The highest BCUT2D eigenvalue weighted by molar-refractivity contribution is 5.94. The number of carbonyl (C=O) groups excluding carboxylic acids is 1. The van der Waals surface area contributed by atoms with Crippen LogP contribution in [0.2, 0.25) is 0 Å². The first-order valence-electron chi connectivity index (χ1n) is 10.9. The summed E-state index contributed by atoms with van der Waals surface area (Å²) in [5.41, 5.74) is 11.4. The Labute approximate surface area is 191 Å². The molecule has 0 radical (unpaired) electrons. The van der Waals surface area contributed by atoms with Gasteiger partial charge in [0.2, 0.25) is 0 Å². The predicted octanol–water partition coefficient (Wildman–Crippen LogP) is 0.335. The number of hydrogen-bond donors (Lipinski definition) is 4. The molecule has 3 atom stereocenters. The minimum absolute atomic E-state index is 0.0733. The average Bonchev–Trinajstić information content (AvgIpc) is 3.16. The van der Waals surface area contributed by atoms with E-state index < -0.39 is 17.7 Å². The van der Waals surface area contributed by atoms with Crippen molar-refractivity contribution in [3.63, 3.8) is 0 Å². The molecule has 0 unspecified atom stereocenters. The van der Waals surface area contributed by atoms with E-state index >= 15 is 0 Å². The average molecular weight is 456 g/mol. The second-order valence-corrected chi connectivity index (χ2v) is 8.54. The van der Waals surface area contributed by atoms with Gasteiger partial charge in [-0.05, 0) is 38.1 Å². The van der Waals surface area contributed by atoms with Crippen LogP contribution in [-0.2, 0) is 0 Å². The Morgan fingerprint density at radius 2 is 2.12 bits per heavy atom. The molecule has 4 rings (SSSR count). The summed E-state index contributed by atoms with van der Waals surface area (Å²) in [7, 11) is 0. The first-order chi connectivity index (χ1) is 15.8. The van der Waals surface area contributed by atoms with Gasteiger partial charge in [-0.2, -0.15) is 0 Å². The molecule has 3 aromatic rings. The summed E-state index contributed by atoms with van der Waals surface area (Å²) in [6, 6.07) is 6.27. The summed E-state index contributed by atoms with van der Waals surface area (Å²) in [6.45, 7) is 2.83. The van der Waals surface area contributed by atoms with Crippen molar-refractivity contribution >= 4 is 22.9 Å². The zero-order valence-corrected chi connectivity index (χ0v) is 18.5. The molecule has 1 aliphatic heterocycles. The lowest BCUT2D eigenvalue weighted by atomic mass is 9.91. The fraction of sp³-hybridized carbons (Fsp3) is 0.455. The van der Waals surface area contributed by atoms with Crippen molar-refractivity contribution < 1.29 is 19.7 Å². The van der Waals surface area contributed by atoms with E-state index in [9.17, 15) is 15.0 Å². The molecule has 1 fully saturated rings. The number of nitrogens with two attached hydrogens (primary N) is 2. The second-order valence-electron chi connectivity index (χ2n) is 8.54. The number of amides is 1. The van der Waals surface area contributed by atoms with Gasteiger partial charge in [0.05, 0.1) is 30.7 Å². The van der Waals surface area contributed by atoms with E-state index in [-0.39, 0.29) is 31.2 Å². The number of imidazole rings is 1. The Balaban J connectivity index is 1.65. The second kappa shape index (κ2) is 9.30. The van der Waals surface area contributed by atoms with E-state index in [4.69, 9.17) is 16.2 Å². The first-order valence-corrected chi connectivity index (χ1v) is 10.9. The number of anilines is 1. The van der Waals surface area contributed by atoms with Gasteiger partial charge in [-0.3, -0.25) is 4.79 Å². The number of rotatable bonds is 6. The number of β-amino-alcohol motifs (C(OH)–C–C–N with tert-alkyl or cyclic N) is 1. The largest absolute Gasteiger partial charge is 0.494 e. The molecular weight excluding hydrogens is 426 g/mol. The van der Waals surface area contributed by atoms with Crippen LogP contribution in [0.4, 0.5) is 5.82 Å². The van der Waals surface area contributed by atoms with Gasteiger partial charge in [0.25, 0.3) is 5.91 Å². The maximum absolute atomic E-state index is 13.4. The summed E-state index contributed by atoms with van der Waals surface area (Å²) in [6.07, 6.45) is 2.73. The van der Waals surface area contributed by atoms with Gasteiger partial charge in [0, 0.05) is 25.1 Å². The summed E-state index contributed by atoms with van der Waals surface area (Å²) in [4.78, 5) is 27.5. The molecule has 2 aromatic heterocycles. The molecular formula is C22H29N7O4. The number of hydrogen-bond acceptors (Lipinski definition) is 9. The van der Waals surface area contributed by atoms with Gasteiger partial charge < -0.3 is 35.9 Å². The Morgan fingerprint density at radius 3 is 2.91 bits per heavy atom. The number of nitrogens with zero attached hydrogens (tertiary/aromatic N) is 5. The fourth-order valence-corrected chi connectivity index (χ4v) is 4.24. The molecule has 0 bridgehead atoms. The molecule has 1 aromatic carbocycles. The van der Waals surface area contributed by atoms with E-state index in [0.29, 0.717) is 42.0 Å². The van der Waals surface area contributed by atoms with Crippen molar-refractivity contribution in [2.75, 3.05) is 32.0 Å². The number of aliphatic hydroxyl groups excluding tert-OH is 1. The highest BCUT2D eigenvalue weighted by Crippen LogP contribution is 2.34. The van der Waals surface area contributed by atoms with Crippen LogP contribution in [0.25, 0.3) is 11.2 Å². The van der Waals surface area contributed by atoms with Crippen molar-refractivity contribution in [3.05, 3.63) is 42.5 Å². The number of ether oxygens (including phenoxy) is 1. The maximum Gasteiger partial charge on any atom is 0.254 e. The zero-order valence-electron chi connectivity index (χ0n) is 18.5. The van der Waals surface area contributed by atoms with Crippen LogP contribution in [0.3, 0.4) is 0 Å². The quantitative estimate of drug-likeness (QED) is 0.383. The van der Waals surface area contributed by atoms with E-state index in [1.165, 1.54) is 17.6 Å². The van der Waals surface area contributed by atoms with Gasteiger partial charge >= 0.3 is 0 Å². The third-order valence-electron chi connectivity index (χ3n) is 5.90. The standard InChI is InChI=1S/C22H29N7O4/c1-22(32)9-15(30)10-28(21(31)14-4-2-5-16(8-14)33-7-3-6-23)11-17(22)29-13-27-18-19(24)25-12-26-20(18)29/h2,4-5,8,12-13,15,17,30,32H,3,6-7,9-11,23H2,1H3,(H2,24,25,26)/t15-,17+,22+/m1/s1. The van der Waals surface area contributed by atoms with Crippen molar-refractivity contribution in [1.82, 2.24) is 24.4 Å². The fourth-order valence-electron chi connectivity index (χ4n) is 4.24. The van der Waals surface area contributed by atoms with Crippen molar-refractivity contribution in [2.24, 2.45) is 5.73 Å². The normalized spacial score (nSPS) is 23.5. The molecule has 176 valence electrons. The summed E-state index contributed by atoms with van der Waals surface area (Å²) < 4.78 is 7.36. The Hall–Kier alpha value is -3.28. The van der Waals surface area contributed by atoms with Crippen molar-refractivity contribution in [3.8, 4) is 5.75 Å². The van der Waals surface area contributed by atoms with Crippen LogP contribution in [0.15, 0.2) is 36.9 Å². The van der Waals surface area contributed by atoms with Crippen LogP contribution < -0.4 is 16.2 Å². The SMILES string of the molecule is C[C@]1(O)C[C@@H](O)CN(C(=O)c2cccc(OCCCN)c2)C[C@@H]1n1cnc2c(N)ncnc21. The summed E-state index contributed by atoms with van der Waals surface area (Å²) >= 11 is 0. The van der Waals surface area contributed by atoms with Crippen molar-refractivity contribution in [2.45, 2.75) is 37.5 Å². The molecule has 11 nitrogen and oxygen atoms in total. The van der Waals surface area contributed by atoms with E-state index in [0.717, 1.165) is 0 Å². The first kappa shape index (κ1) is 22.9. The highest BCUT2D eigenvalue weighted by Gasteiger charge is 2.42. The number of likely N-dealkylation sites (tertiary alicyclic amines) is 1. The van der Waals surface area contributed by atoms with E-state index in [1.54, 1.807) is 35.8 Å². The molecule has 3 heterocycles. The number of benzene rings is 1. The van der Waals surface area contributed by atoms with Crippen molar-refractivity contribution in [1.29, 1.82) is 0 Å². The number of aliphatic hydroxyl groups is 2. The molecule has 1 saturated heterocycles. The van der Waals surface area contributed by atoms with Gasteiger partial charge in [-0.15, -0.1) is 0 Å². The lowest BCUT2D eigenvalue weighted by molar-refractivity contribution is -0.0217. The summed E-state index contributed by atoms with van der Waals surface area (Å²) in [5.74, 6) is 0.520. The molecule has 33 heavy (non-hydrogen) atoms. The lowest BCUT2D eigenvalue weighted by Crippen LogP contribution is -2.42. The van der Waals surface area contributed by atoms with Crippen LogP contribution in [-0.4, -0.2) is 78.5 Å². The number of fused-ring (bicyclic) bond motifs is 1. The molecule has 1 aliphatic rings. The Bertz CT molecular complexity index is 1130. The number of aromatic nitrogens is 4. The van der Waals surface area contributed by atoms with Gasteiger partial charge in [0.1, 0.15) is 17.6 Å². The van der Waals surface area contributed by atoms with Crippen LogP contribution in [0.5, 0.6) is 5.75 Å². The molecule has 0 saturated carbocycles. The van der Waals surface area contributed by atoms with E-state index in [2.05, 4.69) is 15.0 Å². The number of carbonyl (C=O) groups is 1. The third-order valence-corrected chi connectivity index (χ3v) is 5.90. The van der Waals surface area contributed by atoms with Gasteiger partial charge in [-0.1, -0.05) is 6.07 Å².